The van der Waals surface area contributed by atoms with Crippen LogP contribution in [0.15, 0.2) is 28.9 Å². The van der Waals surface area contributed by atoms with Gasteiger partial charge in [0.05, 0.1) is 0 Å². The molecule has 0 unspecified atom stereocenters. The molecule has 0 saturated heterocycles. The number of hydrogen-bond acceptors (Lipinski definition) is 5. The number of likely N-dealkylation sites (N-methyl/N-ethyl adjacent to an activating group) is 1. The lowest BCUT2D eigenvalue weighted by Crippen LogP contribution is -2.37. The maximum atomic E-state index is 11.9. The molecule has 3 rings (SSSR count). The predicted molar refractivity (Wildman–Crippen MR) is 74.6 cm³/mol. The number of nitrogens with one attached hydrogen (secondary N) is 1. The van der Waals surface area contributed by atoms with E-state index in [4.69, 9.17) is 9.47 Å². The molecule has 7 nitrogen and oxygen atoms in total. The highest BCUT2D eigenvalue weighted by Crippen LogP contribution is 2.33. The smallest absolute Gasteiger partial charge is 0.296 e. The zero-order valence-corrected chi connectivity index (χ0v) is 11.5. The number of nitrogens with zero attached hydrogens (tertiary/aromatic N) is 2. The predicted octanol–water partition coefficient (Wildman–Crippen LogP) is 0.720. The Morgan fingerprint density at radius 2 is 2.14 bits per heavy atom. The van der Waals surface area contributed by atoms with Gasteiger partial charge in [-0.05, 0) is 23.8 Å². The molecule has 0 atom stereocenters. The first kappa shape index (κ1) is 13.2. The van der Waals surface area contributed by atoms with E-state index in [1.807, 2.05) is 6.07 Å². The summed E-state index contributed by atoms with van der Waals surface area (Å²) in [5, 5.41) is 2.51. The number of ether oxygens (including phenoxy) is 2. The van der Waals surface area contributed by atoms with E-state index in [9.17, 15) is 9.59 Å². The van der Waals surface area contributed by atoms with Gasteiger partial charge in [0.25, 0.3) is 5.91 Å². The lowest BCUT2D eigenvalue weighted by Gasteiger charge is -2.14. The van der Waals surface area contributed by atoms with Crippen molar-refractivity contribution in [3.05, 3.63) is 29.5 Å². The number of hydrogen-bond donors (Lipinski definition) is 1. The molecule has 0 aliphatic carbocycles. The summed E-state index contributed by atoms with van der Waals surface area (Å²) < 4.78 is 10.5. The summed E-state index contributed by atoms with van der Waals surface area (Å²) in [4.78, 5) is 28.3. The molecule has 0 fully saturated rings. The first-order chi connectivity index (χ1) is 10.0. The van der Waals surface area contributed by atoms with Crippen LogP contribution < -0.4 is 14.8 Å². The third kappa shape index (κ3) is 2.45. The number of guanidine groups is 1. The summed E-state index contributed by atoms with van der Waals surface area (Å²) in [6.45, 7) is 1.56. The van der Waals surface area contributed by atoms with E-state index >= 15 is 0 Å². The van der Waals surface area contributed by atoms with Crippen LogP contribution in [0.25, 0.3) is 6.08 Å². The minimum absolute atomic E-state index is 0.198. The molecule has 108 valence electrons. The van der Waals surface area contributed by atoms with Crippen LogP contribution in [0.3, 0.4) is 0 Å². The van der Waals surface area contributed by atoms with E-state index in [0.29, 0.717) is 17.2 Å². The monoisotopic (exact) mass is 287 g/mol. The highest BCUT2D eigenvalue weighted by atomic mass is 16.7. The molecule has 0 bridgehead atoms. The van der Waals surface area contributed by atoms with Gasteiger partial charge in [-0.3, -0.25) is 14.9 Å². The van der Waals surface area contributed by atoms with Crippen LogP contribution in [-0.2, 0) is 9.59 Å². The minimum Gasteiger partial charge on any atom is -0.454 e. The third-order valence-corrected chi connectivity index (χ3v) is 3.09. The summed E-state index contributed by atoms with van der Waals surface area (Å²) in [5.41, 5.74) is 1.16. The number of carbonyl (C=O) groups excluding carboxylic acids is 2. The molecule has 1 N–H and O–H groups in total. The molecule has 0 spiro atoms. The fraction of sp³-hybridized carbons (Fsp3) is 0.214. The van der Waals surface area contributed by atoms with Crippen LogP contribution in [0.1, 0.15) is 12.5 Å². The van der Waals surface area contributed by atoms with Crippen molar-refractivity contribution < 1.29 is 19.1 Å². The molecule has 2 aliphatic heterocycles. The molecule has 7 heteroatoms. The van der Waals surface area contributed by atoms with Gasteiger partial charge in [-0.25, -0.2) is 0 Å². The summed E-state index contributed by atoms with van der Waals surface area (Å²) in [6.07, 6.45) is 1.68. The Bertz CT molecular complexity index is 693. The van der Waals surface area contributed by atoms with E-state index in [-0.39, 0.29) is 18.7 Å². The molecule has 2 amide bonds. The van der Waals surface area contributed by atoms with E-state index < -0.39 is 5.91 Å². The van der Waals surface area contributed by atoms with E-state index in [1.165, 1.54) is 11.8 Å². The van der Waals surface area contributed by atoms with Crippen LogP contribution >= 0.6 is 0 Å². The molecule has 2 heterocycles. The Labute approximate surface area is 120 Å². The van der Waals surface area contributed by atoms with Gasteiger partial charge in [-0.2, -0.15) is 4.99 Å². The second-order valence-corrected chi connectivity index (χ2v) is 4.62. The highest BCUT2D eigenvalue weighted by Gasteiger charge is 2.27. The van der Waals surface area contributed by atoms with E-state index in [0.717, 1.165) is 5.56 Å². The third-order valence-electron chi connectivity index (χ3n) is 3.09. The van der Waals surface area contributed by atoms with E-state index in [1.54, 1.807) is 25.3 Å². The highest BCUT2D eigenvalue weighted by molar-refractivity contribution is 6.15. The van der Waals surface area contributed by atoms with Gasteiger partial charge in [0.1, 0.15) is 5.70 Å². The number of fused-ring (bicyclic) bond motifs is 1. The SMILES string of the molecule is CC(=O)NC1=NC(=O)/C(=C/c2ccc3c(c2)OCO3)N1C. The molecule has 1 aromatic rings. The van der Waals surface area contributed by atoms with Gasteiger partial charge in [-0.15, -0.1) is 0 Å². The summed E-state index contributed by atoms with van der Waals surface area (Å²) in [7, 11) is 1.67. The molecule has 0 saturated carbocycles. The lowest BCUT2D eigenvalue weighted by molar-refractivity contribution is -0.117. The van der Waals surface area contributed by atoms with Crippen molar-refractivity contribution in [1.82, 2.24) is 10.2 Å². The first-order valence-corrected chi connectivity index (χ1v) is 6.30. The maximum Gasteiger partial charge on any atom is 0.296 e. The van der Waals surface area contributed by atoms with Gasteiger partial charge in [-0.1, -0.05) is 6.07 Å². The molecule has 0 radical (unpaired) electrons. The van der Waals surface area contributed by atoms with Crippen LogP contribution in [0, 0.1) is 0 Å². The summed E-state index contributed by atoms with van der Waals surface area (Å²) in [6, 6.07) is 5.38. The Kier molecular flexibility index (Phi) is 3.09. The maximum absolute atomic E-state index is 11.9. The summed E-state index contributed by atoms with van der Waals surface area (Å²) >= 11 is 0. The number of carbonyl (C=O) groups is 2. The largest absolute Gasteiger partial charge is 0.454 e. The zero-order chi connectivity index (χ0) is 15.0. The average Bonchev–Trinajstić information content (AvgIpc) is 2.98. The molecule has 0 aromatic heterocycles. The van der Waals surface area contributed by atoms with Gasteiger partial charge >= 0.3 is 0 Å². The van der Waals surface area contributed by atoms with Crippen molar-refractivity contribution >= 4 is 23.8 Å². The molecule has 2 aliphatic rings. The quantitative estimate of drug-likeness (QED) is 0.770. The molecule has 1 aromatic carbocycles. The Morgan fingerprint density at radius 3 is 2.90 bits per heavy atom. The molecular formula is C14H13N3O4. The van der Waals surface area contributed by atoms with Crippen molar-refractivity contribution in [1.29, 1.82) is 0 Å². The fourth-order valence-electron chi connectivity index (χ4n) is 2.07. The van der Waals surface area contributed by atoms with Crippen LogP contribution in [0.2, 0.25) is 0 Å². The Balaban J connectivity index is 1.87. The summed E-state index contributed by atoms with van der Waals surface area (Å²) in [5.74, 6) is 0.857. The average molecular weight is 287 g/mol. The standard InChI is InChI=1S/C14H13N3O4/c1-8(18)15-14-16-13(19)10(17(14)2)5-9-3-4-11-12(6-9)21-7-20-11/h3-6H,7H2,1-2H3,(H,15,16,18,19)/b10-5-. The number of aliphatic imine (C=N–C) groups is 1. The van der Waals surface area contributed by atoms with Gasteiger partial charge in [0, 0.05) is 14.0 Å². The van der Waals surface area contributed by atoms with Gasteiger partial charge in [0.15, 0.2) is 11.5 Å². The molecular weight excluding hydrogens is 274 g/mol. The fourth-order valence-corrected chi connectivity index (χ4v) is 2.07. The number of benzene rings is 1. The first-order valence-electron chi connectivity index (χ1n) is 6.30. The van der Waals surface area contributed by atoms with Crippen molar-refractivity contribution in [2.75, 3.05) is 13.8 Å². The van der Waals surface area contributed by atoms with Crippen molar-refractivity contribution in [3.8, 4) is 11.5 Å². The van der Waals surface area contributed by atoms with Crippen molar-refractivity contribution in [3.63, 3.8) is 0 Å². The molecule has 21 heavy (non-hydrogen) atoms. The van der Waals surface area contributed by atoms with Crippen LogP contribution in [0.5, 0.6) is 11.5 Å². The van der Waals surface area contributed by atoms with E-state index in [2.05, 4.69) is 10.3 Å². The number of amides is 2. The van der Waals surface area contributed by atoms with Crippen LogP contribution in [-0.4, -0.2) is 36.5 Å². The van der Waals surface area contributed by atoms with Crippen LogP contribution in [0.4, 0.5) is 0 Å². The second-order valence-electron chi connectivity index (χ2n) is 4.62. The lowest BCUT2D eigenvalue weighted by atomic mass is 10.1. The zero-order valence-electron chi connectivity index (χ0n) is 11.5. The number of rotatable bonds is 1. The topological polar surface area (TPSA) is 80.2 Å². The van der Waals surface area contributed by atoms with Gasteiger partial charge < -0.3 is 14.4 Å². The second kappa shape index (κ2) is 4.93. The normalized spacial score (nSPS) is 18.2. The van der Waals surface area contributed by atoms with Gasteiger partial charge in [0.2, 0.25) is 18.7 Å². The van der Waals surface area contributed by atoms with Crippen molar-refractivity contribution in [2.45, 2.75) is 6.92 Å². The minimum atomic E-state index is -0.404. The van der Waals surface area contributed by atoms with Crippen molar-refractivity contribution in [2.24, 2.45) is 4.99 Å². The Hall–Kier alpha value is -2.83. The Morgan fingerprint density at radius 1 is 1.38 bits per heavy atom.